The fourth-order valence-electron chi connectivity index (χ4n) is 2.81. The zero-order valence-electron chi connectivity index (χ0n) is 15.9. The number of nitrogens with zero attached hydrogens (tertiary/aromatic N) is 3. The third-order valence-corrected chi connectivity index (χ3v) is 4.31. The molecule has 1 aliphatic rings. The lowest BCUT2D eigenvalue weighted by atomic mass is 10.1. The Kier molecular flexibility index (Phi) is 6.45. The highest BCUT2D eigenvalue weighted by atomic mass is 19.1. The van der Waals surface area contributed by atoms with Crippen molar-refractivity contribution in [3.8, 4) is 5.88 Å². The Morgan fingerprint density at radius 1 is 1.31 bits per heavy atom. The third kappa shape index (κ3) is 5.32. The summed E-state index contributed by atoms with van der Waals surface area (Å²) in [6, 6.07) is 8.56. The van der Waals surface area contributed by atoms with Crippen LogP contribution >= 0.6 is 0 Å². The fraction of sp³-hybridized carbons (Fsp3) is 0.316. The van der Waals surface area contributed by atoms with E-state index in [1.165, 1.54) is 6.07 Å². The second-order valence-electron chi connectivity index (χ2n) is 6.39. The minimum Gasteiger partial charge on any atom is -0.481 e. The van der Waals surface area contributed by atoms with E-state index in [4.69, 9.17) is 25.7 Å². The molecule has 1 aromatic carbocycles. The molecule has 10 heteroatoms. The summed E-state index contributed by atoms with van der Waals surface area (Å²) in [5.74, 6) is -0.343. The molecule has 9 nitrogen and oxygen atoms in total. The van der Waals surface area contributed by atoms with E-state index in [-0.39, 0.29) is 18.3 Å². The summed E-state index contributed by atoms with van der Waals surface area (Å²) < 4.78 is 30.5. The smallest absolute Gasteiger partial charge is 0.437 e. The van der Waals surface area contributed by atoms with Crippen LogP contribution in [0.2, 0.25) is 0 Å². The largest absolute Gasteiger partial charge is 0.481 e. The highest BCUT2D eigenvalue weighted by Gasteiger charge is 2.30. The maximum absolute atomic E-state index is 14.7. The van der Waals surface area contributed by atoms with Gasteiger partial charge in [-0.2, -0.15) is 0 Å². The van der Waals surface area contributed by atoms with Crippen LogP contribution in [0.25, 0.3) is 0 Å². The lowest BCUT2D eigenvalue weighted by Gasteiger charge is -2.41. The quantitative estimate of drug-likeness (QED) is 0.527. The Labute approximate surface area is 167 Å². The van der Waals surface area contributed by atoms with Crippen LogP contribution in [-0.2, 0) is 22.7 Å². The van der Waals surface area contributed by atoms with Crippen LogP contribution in [0.5, 0.6) is 5.88 Å². The van der Waals surface area contributed by atoms with E-state index >= 15 is 0 Å². The summed E-state index contributed by atoms with van der Waals surface area (Å²) in [7, 11) is 1.56. The van der Waals surface area contributed by atoms with E-state index in [0.717, 1.165) is 5.56 Å². The van der Waals surface area contributed by atoms with Crippen LogP contribution in [0, 0.1) is 5.82 Å². The Morgan fingerprint density at radius 2 is 2.10 bits per heavy atom. The fourth-order valence-corrected chi connectivity index (χ4v) is 2.81. The van der Waals surface area contributed by atoms with Gasteiger partial charge < -0.3 is 30.6 Å². The summed E-state index contributed by atoms with van der Waals surface area (Å²) in [4.78, 5) is 20.5. The predicted molar refractivity (Wildman–Crippen MR) is 104 cm³/mol. The van der Waals surface area contributed by atoms with Crippen molar-refractivity contribution < 1.29 is 23.4 Å². The molecular weight excluding hydrogens is 381 g/mol. The van der Waals surface area contributed by atoms with Crippen LogP contribution in [-0.4, -0.2) is 43.3 Å². The Bertz CT molecular complexity index is 898. The number of aliphatic imine (C=N–C) groups is 1. The number of guanidine groups is 1. The molecule has 0 aliphatic carbocycles. The van der Waals surface area contributed by atoms with Crippen LogP contribution in [0.3, 0.4) is 0 Å². The first kappa shape index (κ1) is 20.3. The van der Waals surface area contributed by atoms with E-state index in [1.807, 2.05) is 17.0 Å². The number of anilines is 1. The van der Waals surface area contributed by atoms with Crippen molar-refractivity contribution in [2.24, 2.45) is 16.5 Å². The van der Waals surface area contributed by atoms with E-state index in [0.29, 0.717) is 31.3 Å². The van der Waals surface area contributed by atoms with Crippen molar-refractivity contribution in [1.29, 1.82) is 0 Å². The molecule has 4 N–H and O–H groups in total. The number of pyridine rings is 1. The lowest BCUT2D eigenvalue weighted by molar-refractivity contribution is 0.0220. The van der Waals surface area contributed by atoms with Gasteiger partial charge in [-0.25, -0.2) is 14.2 Å². The molecule has 2 aromatic rings. The van der Waals surface area contributed by atoms with Crippen LogP contribution in [0.4, 0.5) is 14.9 Å². The minimum atomic E-state index is -0.972. The summed E-state index contributed by atoms with van der Waals surface area (Å²) in [6.07, 6.45) is 0.669. The SMILES string of the molecule is COc1cc(COC2CN(c3cccc(COC(=O)N=C(N)N)c3F)C2)ccn1. The van der Waals surface area contributed by atoms with Gasteiger partial charge in [0.05, 0.1) is 25.5 Å². The number of ether oxygens (including phenoxy) is 3. The van der Waals surface area contributed by atoms with Gasteiger partial charge in [-0.1, -0.05) is 12.1 Å². The number of amides is 1. The average molecular weight is 403 g/mol. The molecule has 0 unspecified atom stereocenters. The molecular formula is C19H22FN5O4. The first-order valence-electron chi connectivity index (χ1n) is 8.85. The third-order valence-electron chi connectivity index (χ3n) is 4.31. The van der Waals surface area contributed by atoms with Crippen LogP contribution in [0.1, 0.15) is 11.1 Å². The van der Waals surface area contributed by atoms with Gasteiger partial charge in [-0.05, 0) is 17.7 Å². The molecule has 154 valence electrons. The van der Waals surface area contributed by atoms with Crippen molar-refractivity contribution in [3.05, 3.63) is 53.5 Å². The van der Waals surface area contributed by atoms with Crippen molar-refractivity contribution in [3.63, 3.8) is 0 Å². The molecule has 0 radical (unpaired) electrons. The van der Waals surface area contributed by atoms with Crippen molar-refractivity contribution in [2.75, 3.05) is 25.1 Å². The summed E-state index contributed by atoms with van der Waals surface area (Å²) in [6.45, 7) is 1.25. The monoisotopic (exact) mass is 403 g/mol. The number of hydrogen-bond donors (Lipinski definition) is 2. The number of benzene rings is 1. The first-order chi connectivity index (χ1) is 14.0. The van der Waals surface area contributed by atoms with Crippen LogP contribution < -0.4 is 21.1 Å². The molecule has 0 atom stereocenters. The molecule has 0 spiro atoms. The number of halogens is 1. The van der Waals surface area contributed by atoms with E-state index in [9.17, 15) is 9.18 Å². The Hall–Kier alpha value is -3.40. The molecule has 0 saturated carbocycles. The predicted octanol–water partition coefficient (Wildman–Crippen LogP) is 1.54. The maximum Gasteiger partial charge on any atom is 0.437 e. The zero-order valence-corrected chi connectivity index (χ0v) is 15.9. The first-order valence-corrected chi connectivity index (χ1v) is 8.85. The highest BCUT2D eigenvalue weighted by Crippen LogP contribution is 2.28. The van der Waals surface area contributed by atoms with Crippen molar-refractivity contribution >= 4 is 17.7 Å². The van der Waals surface area contributed by atoms with Gasteiger partial charge >= 0.3 is 6.09 Å². The van der Waals surface area contributed by atoms with Gasteiger partial charge in [0.1, 0.15) is 6.61 Å². The zero-order chi connectivity index (χ0) is 20.8. The number of hydrogen-bond acceptors (Lipinski definition) is 6. The molecule has 0 bridgehead atoms. The van der Waals surface area contributed by atoms with Gasteiger partial charge in [0.25, 0.3) is 0 Å². The number of carbonyl (C=O) groups excluding carboxylic acids is 1. The highest BCUT2D eigenvalue weighted by molar-refractivity contribution is 5.87. The van der Waals surface area contributed by atoms with Gasteiger partial charge in [0, 0.05) is 30.9 Å². The normalized spacial score (nSPS) is 13.5. The van der Waals surface area contributed by atoms with Crippen molar-refractivity contribution in [2.45, 2.75) is 19.3 Å². The number of aromatic nitrogens is 1. The van der Waals surface area contributed by atoms with E-state index in [2.05, 4.69) is 9.98 Å². The average Bonchev–Trinajstić information content (AvgIpc) is 2.66. The van der Waals surface area contributed by atoms with Crippen molar-refractivity contribution in [1.82, 2.24) is 4.98 Å². The molecule has 1 aliphatic heterocycles. The Morgan fingerprint density at radius 3 is 2.83 bits per heavy atom. The molecule has 2 heterocycles. The van der Waals surface area contributed by atoms with Gasteiger partial charge in [-0.15, -0.1) is 4.99 Å². The summed E-state index contributed by atoms with van der Waals surface area (Å²) >= 11 is 0. The standard InChI is InChI=1S/C19H22FN5O4/c1-27-16-7-12(5-6-23-16)10-28-14-8-25(9-14)15-4-2-3-13(17(15)20)11-29-19(26)24-18(21)22/h2-7,14H,8-11H2,1H3,(H4,21,22,24,26). The molecule has 1 amide bonds. The second kappa shape index (κ2) is 9.20. The topological polar surface area (TPSA) is 125 Å². The molecule has 3 rings (SSSR count). The molecule has 1 fully saturated rings. The van der Waals surface area contributed by atoms with Gasteiger partial charge in [-0.3, -0.25) is 0 Å². The number of nitrogens with two attached hydrogens (primary N) is 2. The number of methoxy groups -OCH3 is 1. The summed E-state index contributed by atoms with van der Waals surface area (Å²) in [5.41, 5.74) is 11.8. The van der Waals surface area contributed by atoms with Crippen LogP contribution in [0.15, 0.2) is 41.5 Å². The van der Waals surface area contributed by atoms with Gasteiger partial charge in [0.2, 0.25) is 5.88 Å². The molecule has 1 saturated heterocycles. The summed E-state index contributed by atoms with van der Waals surface area (Å²) in [5, 5.41) is 0. The van der Waals surface area contributed by atoms with E-state index in [1.54, 1.807) is 25.4 Å². The number of rotatable bonds is 7. The lowest BCUT2D eigenvalue weighted by Crippen LogP contribution is -2.52. The second-order valence-corrected chi connectivity index (χ2v) is 6.39. The van der Waals surface area contributed by atoms with E-state index < -0.39 is 17.9 Å². The molecule has 29 heavy (non-hydrogen) atoms. The maximum atomic E-state index is 14.7. The number of carbonyl (C=O) groups is 1. The minimum absolute atomic E-state index is 0.0167. The Balaban J connectivity index is 1.52. The van der Waals surface area contributed by atoms with Gasteiger partial charge in [0.15, 0.2) is 11.8 Å². The molecule has 1 aromatic heterocycles.